The third-order valence-electron chi connectivity index (χ3n) is 5.18. The van der Waals surface area contributed by atoms with E-state index in [1.54, 1.807) is 13.1 Å². The maximum Gasteiger partial charge on any atom is 0.273 e. The predicted molar refractivity (Wildman–Crippen MR) is 116 cm³/mol. The second-order valence-electron chi connectivity index (χ2n) is 7.26. The molecule has 9 nitrogen and oxygen atoms in total. The van der Waals surface area contributed by atoms with Gasteiger partial charge in [-0.1, -0.05) is 17.4 Å². The topological polar surface area (TPSA) is 109 Å². The molecule has 0 unspecified atom stereocenters. The van der Waals surface area contributed by atoms with Crippen molar-refractivity contribution in [3.05, 3.63) is 46.8 Å². The van der Waals surface area contributed by atoms with E-state index in [4.69, 9.17) is 0 Å². The fraction of sp³-hybridized carbons (Fsp3) is 0.350. The van der Waals surface area contributed by atoms with Crippen molar-refractivity contribution in [2.24, 2.45) is 5.92 Å². The number of nitrogens with one attached hydrogen (secondary N) is 2. The molecule has 2 N–H and O–H groups in total. The molecule has 0 radical (unpaired) electrons. The van der Waals surface area contributed by atoms with Crippen LogP contribution in [-0.2, 0) is 16.1 Å². The largest absolute Gasteiger partial charge is 0.359 e. The number of anilines is 2. The molecule has 1 aliphatic heterocycles. The Morgan fingerprint density at radius 1 is 1.29 bits per heavy atom. The SMILES string of the molecule is CNC(=O)C1CCN(c2nc3ncn(CC(=O)Nc4cccc(F)c4)c(=O)c3s2)CC1. The van der Waals surface area contributed by atoms with Crippen LogP contribution in [0.1, 0.15) is 12.8 Å². The standard InChI is InChI=1S/C20H21FN6O3S/c1-22-18(29)12-5-7-26(8-6-12)20-25-17-16(31-20)19(30)27(11-23-17)10-15(28)24-14-4-2-3-13(21)9-14/h2-4,9,11-12H,5-8,10H2,1H3,(H,22,29)(H,24,28). The number of piperidine rings is 1. The molecule has 0 aliphatic carbocycles. The zero-order valence-electron chi connectivity index (χ0n) is 16.8. The summed E-state index contributed by atoms with van der Waals surface area (Å²) in [5, 5.41) is 5.92. The van der Waals surface area contributed by atoms with Gasteiger partial charge in [-0.25, -0.2) is 9.37 Å². The van der Waals surface area contributed by atoms with Gasteiger partial charge in [0.1, 0.15) is 23.4 Å². The van der Waals surface area contributed by atoms with Gasteiger partial charge in [-0.2, -0.15) is 4.98 Å². The fourth-order valence-corrected chi connectivity index (χ4v) is 4.56. The highest BCUT2D eigenvalue weighted by atomic mass is 32.1. The van der Waals surface area contributed by atoms with Crippen LogP contribution in [0, 0.1) is 11.7 Å². The van der Waals surface area contributed by atoms with E-state index in [9.17, 15) is 18.8 Å². The molecular formula is C20H21FN6O3S. The van der Waals surface area contributed by atoms with E-state index < -0.39 is 11.7 Å². The number of benzene rings is 1. The molecule has 3 aromatic rings. The van der Waals surface area contributed by atoms with Gasteiger partial charge in [0.15, 0.2) is 10.8 Å². The molecule has 2 aromatic heterocycles. The smallest absolute Gasteiger partial charge is 0.273 e. The Kier molecular flexibility index (Phi) is 5.94. The van der Waals surface area contributed by atoms with Gasteiger partial charge in [0.05, 0.1) is 0 Å². The predicted octanol–water partition coefficient (Wildman–Crippen LogP) is 1.59. The molecule has 0 bridgehead atoms. The highest BCUT2D eigenvalue weighted by Gasteiger charge is 2.26. The van der Waals surface area contributed by atoms with Crippen molar-refractivity contribution >= 4 is 44.3 Å². The first kappa shape index (κ1) is 20.9. The van der Waals surface area contributed by atoms with Crippen molar-refractivity contribution in [2.75, 3.05) is 30.4 Å². The van der Waals surface area contributed by atoms with Gasteiger partial charge < -0.3 is 15.5 Å². The summed E-state index contributed by atoms with van der Waals surface area (Å²) >= 11 is 1.23. The van der Waals surface area contributed by atoms with Gasteiger partial charge in [-0.3, -0.25) is 19.0 Å². The molecule has 162 valence electrons. The maximum absolute atomic E-state index is 13.3. The lowest BCUT2D eigenvalue weighted by Gasteiger charge is -2.30. The number of hydrogen-bond donors (Lipinski definition) is 2. The van der Waals surface area contributed by atoms with Crippen LogP contribution < -0.4 is 21.1 Å². The molecule has 11 heteroatoms. The number of carbonyl (C=O) groups is 2. The van der Waals surface area contributed by atoms with Crippen LogP contribution in [0.15, 0.2) is 35.4 Å². The van der Waals surface area contributed by atoms with Crippen LogP contribution >= 0.6 is 11.3 Å². The van der Waals surface area contributed by atoms with Crippen LogP contribution in [0.5, 0.6) is 0 Å². The third-order valence-corrected chi connectivity index (χ3v) is 6.27. The molecule has 0 saturated carbocycles. The lowest BCUT2D eigenvalue weighted by atomic mass is 9.96. The van der Waals surface area contributed by atoms with E-state index >= 15 is 0 Å². The summed E-state index contributed by atoms with van der Waals surface area (Å²) in [6, 6.07) is 5.53. The number of halogens is 1. The molecule has 3 heterocycles. The van der Waals surface area contributed by atoms with Gasteiger partial charge >= 0.3 is 0 Å². The van der Waals surface area contributed by atoms with Crippen LogP contribution in [0.2, 0.25) is 0 Å². The summed E-state index contributed by atoms with van der Waals surface area (Å²) < 4.78 is 14.8. The van der Waals surface area contributed by atoms with Crippen LogP contribution in [0.4, 0.5) is 15.2 Å². The molecule has 1 aromatic carbocycles. The minimum absolute atomic E-state index is 0.0115. The van der Waals surface area contributed by atoms with Crippen molar-refractivity contribution < 1.29 is 14.0 Å². The first-order chi connectivity index (χ1) is 14.9. The first-order valence-electron chi connectivity index (χ1n) is 9.82. The van der Waals surface area contributed by atoms with Crippen molar-refractivity contribution in [2.45, 2.75) is 19.4 Å². The summed E-state index contributed by atoms with van der Waals surface area (Å²) in [6.07, 6.45) is 2.72. The van der Waals surface area contributed by atoms with Gasteiger partial charge in [0, 0.05) is 31.7 Å². The van der Waals surface area contributed by atoms with E-state index in [1.807, 2.05) is 4.90 Å². The van der Waals surface area contributed by atoms with E-state index in [2.05, 4.69) is 20.6 Å². The molecular weight excluding hydrogens is 423 g/mol. The summed E-state index contributed by atoms with van der Waals surface area (Å²) in [5.41, 5.74) is 0.288. The van der Waals surface area contributed by atoms with Crippen LogP contribution in [0.25, 0.3) is 10.3 Å². The van der Waals surface area contributed by atoms with Gasteiger partial charge in [-0.05, 0) is 31.0 Å². The third kappa shape index (κ3) is 4.55. The van der Waals surface area contributed by atoms with Crippen LogP contribution in [0.3, 0.4) is 0 Å². The lowest BCUT2D eigenvalue weighted by Crippen LogP contribution is -2.39. The highest BCUT2D eigenvalue weighted by Crippen LogP contribution is 2.29. The quantitative estimate of drug-likeness (QED) is 0.619. The van der Waals surface area contributed by atoms with Gasteiger partial charge in [0.2, 0.25) is 11.8 Å². The Balaban J connectivity index is 1.47. The minimum atomic E-state index is -0.463. The Bertz CT molecular complexity index is 1190. The molecule has 0 atom stereocenters. The minimum Gasteiger partial charge on any atom is -0.359 e. The number of amides is 2. The number of aromatic nitrogens is 3. The number of rotatable bonds is 5. The Morgan fingerprint density at radius 3 is 2.77 bits per heavy atom. The molecule has 1 aliphatic rings. The summed E-state index contributed by atoms with van der Waals surface area (Å²) in [7, 11) is 1.64. The van der Waals surface area contributed by atoms with Gasteiger partial charge in [-0.15, -0.1) is 0 Å². The van der Waals surface area contributed by atoms with E-state index in [0.717, 1.165) is 0 Å². The number of hydrogen-bond acceptors (Lipinski definition) is 7. The van der Waals surface area contributed by atoms with Crippen LogP contribution in [-0.4, -0.2) is 46.5 Å². The van der Waals surface area contributed by atoms with E-state index in [-0.39, 0.29) is 23.9 Å². The molecule has 31 heavy (non-hydrogen) atoms. The summed E-state index contributed by atoms with van der Waals surface area (Å²) in [4.78, 5) is 47.6. The number of carbonyl (C=O) groups excluding carboxylic acids is 2. The van der Waals surface area contributed by atoms with E-state index in [0.29, 0.717) is 47.1 Å². The Hall–Kier alpha value is -3.34. The Labute approximate surface area is 180 Å². The van der Waals surface area contributed by atoms with Gasteiger partial charge in [0.25, 0.3) is 5.56 Å². The summed E-state index contributed by atoms with van der Waals surface area (Å²) in [5.74, 6) is -0.892. The molecule has 1 fully saturated rings. The molecule has 0 spiro atoms. The van der Waals surface area contributed by atoms with E-state index in [1.165, 1.54) is 40.4 Å². The Morgan fingerprint density at radius 2 is 2.06 bits per heavy atom. The normalized spacial score (nSPS) is 14.6. The zero-order valence-corrected chi connectivity index (χ0v) is 17.6. The maximum atomic E-state index is 13.3. The van der Waals surface area contributed by atoms with Crippen molar-refractivity contribution in [1.82, 2.24) is 19.9 Å². The average Bonchev–Trinajstić information content (AvgIpc) is 3.20. The van der Waals surface area contributed by atoms with Crippen molar-refractivity contribution in [1.29, 1.82) is 0 Å². The lowest BCUT2D eigenvalue weighted by molar-refractivity contribution is -0.125. The monoisotopic (exact) mass is 444 g/mol. The van der Waals surface area contributed by atoms with Crippen molar-refractivity contribution in [3.63, 3.8) is 0 Å². The first-order valence-corrected chi connectivity index (χ1v) is 10.6. The second kappa shape index (κ2) is 8.80. The molecule has 2 amide bonds. The number of nitrogens with zero attached hydrogens (tertiary/aromatic N) is 4. The summed E-state index contributed by atoms with van der Waals surface area (Å²) in [6.45, 7) is 1.09. The molecule has 4 rings (SSSR count). The average molecular weight is 444 g/mol. The number of thiazole rings is 1. The second-order valence-corrected chi connectivity index (χ2v) is 8.24. The number of fused-ring (bicyclic) bond motifs is 1. The zero-order chi connectivity index (χ0) is 22.0. The molecule has 1 saturated heterocycles. The van der Waals surface area contributed by atoms with Crippen molar-refractivity contribution in [3.8, 4) is 0 Å². The fourth-order valence-electron chi connectivity index (χ4n) is 3.54. The highest BCUT2D eigenvalue weighted by molar-refractivity contribution is 7.22.